The lowest BCUT2D eigenvalue weighted by Crippen LogP contribution is -2.57. The molecule has 38 heavy (non-hydrogen) atoms. The highest BCUT2D eigenvalue weighted by atomic mass is 16.2. The van der Waals surface area contributed by atoms with Crippen LogP contribution in [0, 0.1) is 11.8 Å². The number of rotatable bonds is 13. The predicted octanol–water partition coefficient (Wildman–Crippen LogP) is 0.557. The smallest absolute Gasteiger partial charge is 0.289 e. The third-order valence-corrected chi connectivity index (χ3v) is 7.84. The molecule has 1 heterocycles. The Hall–Kier alpha value is -2.98. The Morgan fingerprint density at radius 1 is 1.00 bits per heavy atom. The number of hydrogen-bond acceptors (Lipinski definition) is 6. The van der Waals surface area contributed by atoms with Crippen LogP contribution in [0.3, 0.4) is 0 Å². The molecule has 0 aromatic heterocycles. The van der Waals surface area contributed by atoms with E-state index >= 15 is 0 Å². The second-order valence-electron chi connectivity index (χ2n) is 11.0. The van der Waals surface area contributed by atoms with E-state index in [2.05, 4.69) is 21.3 Å². The molecule has 1 saturated heterocycles. The van der Waals surface area contributed by atoms with Gasteiger partial charge in [-0.2, -0.15) is 0 Å². The molecule has 3 rings (SSSR count). The number of amides is 5. The fourth-order valence-electron chi connectivity index (χ4n) is 5.29. The van der Waals surface area contributed by atoms with Crippen LogP contribution < -0.4 is 21.3 Å². The number of carbonyl (C=O) groups is 6. The number of nitrogens with one attached hydrogen (secondary N) is 4. The molecule has 0 aromatic rings. The average Bonchev–Trinajstić information content (AvgIpc) is 3.64. The Labute approximate surface area is 224 Å². The van der Waals surface area contributed by atoms with Crippen LogP contribution in [-0.2, 0) is 28.8 Å². The van der Waals surface area contributed by atoms with E-state index in [-0.39, 0.29) is 30.2 Å². The predicted molar refractivity (Wildman–Crippen MR) is 139 cm³/mol. The maximum atomic E-state index is 13.4. The van der Waals surface area contributed by atoms with Gasteiger partial charge in [-0.15, -0.1) is 0 Å². The summed E-state index contributed by atoms with van der Waals surface area (Å²) >= 11 is 0. The van der Waals surface area contributed by atoms with E-state index in [0.29, 0.717) is 25.8 Å². The van der Waals surface area contributed by atoms with E-state index in [1.165, 1.54) is 11.9 Å². The zero-order valence-corrected chi connectivity index (χ0v) is 22.8. The van der Waals surface area contributed by atoms with Crippen molar-refractivity contribution in [3.63, 3.8) is 0 Å². The molecule has 1 aliphatic heterocycles. The molecule has 212 valence electrons. The van der Waals surface area contributed by atoms with Crippen molar-refractivity contribution in [2.45, 2.75) is 109 Å². The second kappa shape index (κ2) is 13.7. The Bertz CT molecular complexity index is 914. The fraction of sp³-hybridized carbons (Fsp3) is 0.778. The van der Waals surface area contributed by atoms with Gasteiger partial charge in [-0.05, 0) is 51.9 Å². The molecule has 0 radical (unpaired) electrons. The number of nitrogens with zero attached hydrogens (tertiary/aromatic N) is 1. The summed E-state index contributed by atoms with van der Waals surface area (Å²) in [5.74, 6) is -3.47. The van der Waals surface area contributed by atoms with Gasteiger partial charge in [-0.25, -0.2) is 0 Å². The van der Waals surface area contributed by atoms with Crippen LogP contribution >= 0.6 is 0 Å². The molecule has 3 aliphatic rings. The van der Waals surface area contributed by atoms with Gasteiger partial charge in [0.15, 0.2) is 0 Å². The highest BCUT2D eigenvalue weighted by Crippen LogP contribution is 2.24. The molecular formula is C27H43N5O6. The first-order chi connectivity index (χ1) is 18.1. The largest absolute Gasteiger partial charge is 0.356 e. The third-order valence-electron chi connectivity index (χ3n) is 7.84. The summed E-state index contributed by atoms with van der Waals surface area (Å²) in [4.78, 5) is 78.3. The molecule has 0 unspecified atom stereocenters. The van der Waals surface area contributed by atoms with Crippen molar-refractivity contribution in [3.05, 3.63) is 0 Å². The molecular weight excluding hydrogens is 490 g/mol. The number of Topliss-reactive ketones (excluding diaryl/α,β-unsaturated/α-hetero) is 1. The zero-order chi connectivity index (χ0) is 27.8. The fourth-order valence-corrected chi connectivity index (χ4v) is 5.29. The van der Waals surface area contributed by atoms with E-state index in [9.17, 15) is 28.8 Å². The van der Waals surface area contributed by atoms with Gasteiger partial charge in [0.05, 0.1) is 6.04 Å². The molecule has 11 nitrogen and oxygen atoms in total. The van der Waals surface area contributed by atoms with Gasteiger partial charge < -0.3 is 26.2 Å². The first-order valence-corrected chi connectivity index (χ1v) is 14.1. The van der Waals surface area contributed by atoms with Crippen molar-refractivity contribution in [1.82, 2.24) is 26.2 Å². The van der Waals surface area contributed by atoms with E-state index in [1.54, 1.807) is 6.92 Å². The van der Waals surface area contributed by atoms with E-state index in [0.717, 1.165) is 44.9 Å². The summed E-state index contributed by atoms with van der Waals surface area (Å²) < 4.78 is 0. The molecule has 11 heteroatoms. The number of likely N-dealkylation sites (N-methyl/N-ethyl adjacent to an activating group) is 1. The van der Waals surface area contributed by atoms with Crippen LogP contribution in [0.2, 0.25) is 0 Å². The first-order valence-electron chi connectivity index (χ1n) is 14.1. The Morgan fingerprint density at radius 3 is 2.26 bits per heavy atom. The van der Waals surface area contributed by atoms with Crippen LogP contribution in [0.4, 0.5) is 0 Å². The Balaban J connectivity index is 1.66. The molecule has 2 aliphatic carbocycles. The number of carbonyl (C=O) groups excluding carboxylic acids is 6. The van der Waals surface area contributed by atoms with Gasteiger partial charge in [-0.1, -0.05) is 32.6 Å². The lowest BCUT2D eigenvalue weighted by Gasteiger charge is -2.31. The summed E-state index contributed by atoms with van der Waals surface area (Å²) in [5.41, 5.74) is 0. The van der Waals surface area contributed by atoms with Crippen molar-refractivity contribution in [3.8, 4) is 0 Å². The van der Waals surface area contributed by atoms with E-state index < -0.39 is 47.5 Å². The summed E-state index contributed by atoms with van der Waals surface area (Å²) in [6.07, 6.45) is 7.80. The van der Waals surface area contributed by atoms with Crippen molar-refractivity contribution in [2.75, 3.05) is 13.6 Å². The molecule has 0 aromatic carbocycles. The summed E-state index contributed by atoms with van der Waals surface area (Å²) in [7, 11) is 1.51. The quantitative estimate of drug-likeness (QED) is 0.254. The van der Waals surface area contributed by atoms with Crippen LogP contribution in [0.1, 0.15) is 84.5 Å². The Morgan fingerprint density at radius 2 is 1.68 bits per heavy atom. The zero-order valence-electron chi connectivity index (χ0n) is 22.8. The minimum atomic E-state index is -1.18. The van der Waals surface area contributed by atoms with Crippen LogP contribution in [0.5, 0.6) is 0 Å². The lowest BCUT2D eigenvalue weighted by molar-refractivity contribution is -0.144. The minimum absolute atomic E-state index is 0.0127. The summed E-state index contributed by atoms with van der Waals surface area (Å²) in [6, 6.07) is -2.92. The van der Waals surface area contributed by atoms with Gasteiger partial charge >= 0.3 is 0 Å². The van der Waals surface area contributed by atoms with Gasteiger partial charge in [0.25, 0.3) is 5.91 Å². The normalized spacial score (nSPS) is 22.0. The van der Waals surface area contributed by atoms with Crippen molar-refractivity contribution >= 4 is 35.3 Å². The molecule has 0 spiro atoms. The van der Waals surface area contributed by atoms with Gasteiger partial charge in [0, 0.05) is 31.5 Å². The van der Waals surface area contributed by atoms with Gasteiger partial charge in [0.1, 0.15) is 12.1 Å². The number of ketones is 1. The SMILES string of the molecule is CCC[C@@H](C(=O)N[C@@H](C[C@@H]1CCNC1=O)C(=O)C(=O)NC1CC1)N(C)C(=O)[C@@H](C)NC(=O)C1CCCCC1. The van der Waals surface area contributed by atoms with Crippen molar-refractivity contribution in [2.24, 2.45) is 11.8 Å². The molecule has 2 saturated carbocycles. The highest BCUT2D eigenvalue weighted by molar-refractivity contribution is 6.38. The number of hydrogen-bond donors (Lipinski definition) is 4. The topological polar surface area (TPSA) is 154 Å². The van der Waals surface area contributed by atoms with Crippen LogP contribution in [-0.4, -0.2) is 78.0 Å². The molecule has 0 bridgehead atoms. The Kier molecular flexibility index (Phi) is 10.7. The second-order valence-corrected chi connectivity index (χ2v) is 11.0. The maximum absolute atomic E-state index is 13.4. The molecule has 4 atom stereocenters. The summed E-state index contributed by atoms with van der Waals surface area (Å²) in [5, 5.41) is 10.9. The maximum Gasteiger partial charge on any atom is 0.289 e. The summed E-state index contributed by atoms with van der Waals surface area (Å²) in [6.45, 7) is 3.96. The standard InChI is InChI=1S/C27H43N5O6/c1-4-8-21(32(3)27(38)16(2)29-24(35)17-9-6-5-7-10-17)25(36)31-20(15-18-13-14-28-23(18)34)22(33)26(37)30-19-11-12-19/h16-21H,4-15H2,1-3H3,(H,28,34)(H,29,35)(H,30,37)(H,31,36)/t16-,18+,20+,21+/m1/s1. The van der Waals surface area contributed by atoms with E-state index in [4.69, 9.17) is 0 Å². The van der Waals surface area contributed by atoms with E-state index in [1.807, 2.05) is 6.92 Å². The average molecular weight is 534 g/mol. The lowest BCUT2D eigenvalue weighted by atomic mass is 9.88. The first kappa shape index (κ1) is 29.6. The van der Waals surface area contributed by atoms with Crippen molar-refractivity contribution < 1.29 is 28.8 Å². The molecule has 4 N–H and O–H groups in total. The third kappa shape index (κ3) is 8.01. The van der Waals surface area contributed by atoms with Gasteiger partial charge in [-0.3, -0.25) is 28.8 Å². The van der Waals surface area contributed by atoms with Crippen LogP contribution in [0.25, 0.3) is 0 Å². The molecule has 3 fully saturated rings. The highest BCUT2D eigenvalue weighted by Gasteiger charge is 2.38. The van der Waals surface area contributed by atoms with Gasteiger partial charge in [0.2, 0.25) is 29.4 Å². The molecule has 5 amide bonds. The minimum Gasteiger partial charge on any atom is -0.356 e. The van der Waals surface area contributed by atoms with Crippen LogP contribution in [0.15, 0.2) is 0 Å². The monoisotopic (exact) mass is 533 g/mol. The van der Waals surface area contributed by atoms with Crippen molar-refractivity contribution in [1.29, 1.82) is 0 Å².